The van der Waals surface area contributed by atoms with Gasteiger partial charge in [-0.2, -0.15) is 0 Å². The second-order valence-electron chi connectivity index (χ2n) is 4.61. The Kier molecular flexibility index (Phi) is 4.57. The van der Waals surface area contributed by atoms with Gasteiger partial charge in [0.15, 0.2) is 17.5 Å². The number of rotatable bonds is 6. The molecule has 1 atom stereocenters. The highest BCUT2D eigenvalue weighted by molar-refractivity contribution is 5.80. The first-order valence-corrected chi connectivity index (χ1v) is 6.63. The zero-order chi connectivity index (χ0) is 15.4. The van der Waals surface area contributed by atoms with Crippen molar-refractivity contribution in [1.29, 1.82) is 0 Å². The minimum Gasteiger partial charge on any atom is -0.493 e. The summed E-state index contributed by atoms with van der Waals surface area (Å²) in [4.78, 5) is 6.30. The number of ether oxygens (including phenoxy) is 3. The van der Waals surface area contributed by atoms with Gasteiger partial charge in [0.1, 0.15) is 0 Å². The highest BCUT2D eigenvalue weighted by Gasteiger charge is 2.28. The number of guanidine groups is 1. The van der Waals surface area contributed by atoms with E-state index in [0.717, 1.165) is 5.56 Å². The van der Waals surface area contributed by atoms with E-state index in [4.69, 9.17) is 19.9 Å². The van der Waals surface area contributed by atoms with Crippen LogP contribution in [0.2, 0.25) is 0 Å². The molecule has 6 heteroatoms. The first-order chi connectivity index (χ1) is 10.2. The topological polar surface area (TPSA) is 69.3 Å². The smallest absolute Gasteiger partial charge is 0.203 e. The van der Waals surface area contributed by atoms with Gasteiger partial charge in [-0.3, -0.25) is 4.99 Å². The molecule has 2 N–H and O–H groups in total. The van der Waals surface area contributed by atoms with Gasteiger partial charge < -0.3 is 24.8 Å². The van der Waals surface area contributed by atoms with Crippen molar-refractivity contribution in [3.05, 3.63) is 30.4 Å². The van der Waals surface area contributed by atoms with Crippen LogP contribution in [-0.2, 0) is 0 Å². The highest BCUT2D eigenvalue weighted by atomic mass is 16.5. The Bertz CT molecular complexity index is 532. The van der Waals surface area contributed by atoms with Crippen LogP contribution in [0.25, 0.3) is 0 Å². The van der Waals surface area contributed by atoms with E-state index < -0.39 is 0 Å². The highest BCUT2D eigenvalue weighted by Crippen LogP contribution is 2.41. The summed E-state index contributed by atoms with van der Waals surface area (Å²) in [6, 6.07) is 3.89. The van der Waals surface area contributed by atoms with Crippen LogP contribution in [0.3, 0.4) is 0 Å². The fraction of sp³-hybridized carbons (Fsp3) is 0.400. The average Bonchev–Trinajstić information content (AvgIpc) is 2.87. The molecule has 0 saturated heterocycles. The number of benzene rings is 1. The molecule has 0 amide bonds. The van der Waals surface area contributed by atoms with E-state index in [-0.39, 0.29) is 6.04 Å². The van der Waals surface area contributed by atoms with E-state index in [9.17, 15) is 0 Å². The Morgan fingerprint density at radius 3 is 2.38 bits per heavy atom. The molecular weight excluding hydrogens is 270 g/mol. The lowest BCUT2D eigenvalue weighted by molar-refractivity contribution is 0.320. The first kappa shape index (κ1) is 15.0. The number of nitrogens with zero attached hydrogens (tertiary/aromatic N) is 2. The molecule has 6 nitrogen and oxygen atoms in total. The fourth-order valence-corrected chi connectivity index (χ4v) is 2.47. The second kappa shape index (κ2) is 6.39. The van der Waals surface area contributed by atoms with Crippen molar-refractivity contribution in [2.24, 2.45) is 10.7 Å². The van der Waals surface area contributed by atoms with E-state index in [1.807, 2.05) is 17.0 Å². The largest absolute Gasteiger partial charge is 0.493 e. The Morgan fingerprint density at radius 2 is 1.90 bits per heavy atom. The molecule has 0 aliphatic carbocycles. The summed E-state index contributed by atoms with van der Waals surface area (Å²) >= 11 is 0. The van der Waals surface area contributed by atoms with Gasteiger partial charge in [-0.05, 0) is 17.7 Å². The van der Waals surface area contributed by atoms with Crippen molar-refractivity contribution in [1.82, 2.24) is 4.90 Å². The van der Waals surface area contributed by atoms with Gasteiger partial charge in [-0.25, -0.2) is 0 Å². The minimum atomic E-state index is 0.0386. The van der Waals surface area contributed by atoms with Crippen molar-refractivity contribution in [3.8, 4) is 17.2 Å². The molecule has 0 spiro atoms. The van der Waals surface area contributed by atoms with Crippen LogP contribution >= 0.6 is 0 Å². The summed E-state index contributed by atoms with van der Waals surface area (Å²) in [5.41, 5.74) is 6.94. The molecule has 0 saturated carbocycles. The molecule has 1 aliphatic heterocycles. The Morgan fingerprint density at radius 1 is 1.29 bits per heavy atom. The average molecular weight is 291 g/mol. The van der Waals surface area contributed by atoms with Crippen LogP contribution in [0.4, 0.5) is 0 Å². The lowest BCUT2D eigenvalue weighted by Crippen LogP contribution is -2.36. The molecule has 21 heavy (non-hydrogen) atoms. The second-order valence-corrected chi connectivity index (χ2v) is 4.61. The lowest BCUT2D eigenvalue weighted by Gasteiger charge is -2.26. The summed E-state index contributed by atoms with van der Waals surface area (Å²) in [6.07, 6.45) is 1.80. The van der Waals surface area contributed by atoms with Gasteiger partial charge in [0.2, 0.25) is 5.75 Å². The van der Waals surface area contributed by atoms with Gasteiger partial charge in [-0.15, -0.1) is 6.58 Å². The van der Waals surface area contributed by atoms with Crippen LogP contribution in [0.15, 0.2) is 29.8 Å². The Balaban J connectivity index is 2.42. The predicted octanol–water partition coefficient (Wildman–Crippen LogP) is 1.57. The van der Waals surface area contributed by atoms with Gasteiger partial charge >= 0.3 is 0 Å². The van der Waals surface area contributed by atoms with Gasteiger partial charge in [0.05, 0.1) is 33.9 Å². The third kappa shape index (κ3) is 2.74. The van der Waals surface area contributed by atoms with Gasteiger partial charge in [-0.1, -0.05) is 6.08 Å². The maximum absolute atomic E-state index is 5.93. The molecule has 0 radical (unpaired) electrons. The van der Waals surface area contributed by atoms with E-state index in [0.29, 0.717) is 36.3 Å². The standard InChI is InChI=1S/C15H21N3O3/c1-5-6-18-11(9-17-15(18)16)10-7-12(19-2)14(21-4)13(8-10)20-3/h5,7-8,11H,1,6,9H2,2-4H3,(H2,16,17). The van der Waals surface area contributed by atoms with Gasteiger partial charge in [0.25, 0.3) is 0 Å². The maximum atomic E-state index is 5.93. The molecule has 1 aromatic rings. The number of methoxy groups -OCH3 is 3. The normalized spacial score (nSPS) is 17.4. The van der Waals surface area contributed by atoms with E-state index in [2.05, 4.69) is 11.6 Å². The monoisotopic (exact) mass is 291 g/mol. The van der Waals surface area contributed by atoms with Crippen LogP contribution in [0.5, 0.6) is 17.2 Å². The SMILES string of the molecule is C=CCN1C(N)=NCC1c1cc(OC)c(OC)c(OC)c1. The summed E-state index contributed by atoms with van der Waals surface area (Å²) in [7, 11) is 4.78. The van der Waals surface area contributed by atoms with Crippen LogP contribution in [0.1, 0.15) is 11.6 Å². The molecular formula is C15H21N3O3. The fourth-order valence-electron chi connectivity index (χ4n) is 2.47. The summed E-state index contributed by atoms with van der Waals surface area (Å²) in [5, 5.41) is 0. The Hall–Kier alpha value is -2.37. The summed E-state index contributed by atoms with van der Waals surface area (Å²) < 4.78 is 16.1. The molecule has 1 heterocycles. The van der Waals surface area contributed by atoms with Crippen molar-refractivity contribution in [2.45, 2.75) is 6.04 Å². The minimum absolute atomic E-state index is 0.0386. The van der Waals surface area contributed by atoms with E-state index in [1.54, 1.807) is 27.4 Å². The third-order valence-corrected chi connectivity index (χ3v) is 3.49. The molecule has 1 unspecified atom stereocenters. The maximum Gasteiger partial charge on any atom is 0.203 e. The van der Waals surface area contributed by atoms with E-state index >= 15 is 0 Å². The molecule has 1 aliphatic rings. The van der Waals surface area contributed by atoms with Crippen LogP contribution in [-0.4, -0.2) is 45.3 Å². The number of hydrogen-bond acceptors (Lipinski definition) is 6. The molecule has 114 valence electrons. The number of nitrogens with two attached hydrogens (primary N) is 1. The molecule has 0 aromatic heterocycles. The Labute approximate surface area is 124 Å². The van der Waals surface area contributed by atoms with Gasteiger partial charge in [0, 0.05) is 6.54 Å². The number of hydrogen-bond donors (Lipinski definition) is 1. The quantitative estimate of drug-likeness (QED) is 0.806. The van der Waals surface area contributed by atoms with Crippen LogP contribution in [0, 0.1) is 0 Å². The van der Waals surface area contributed by atoms with Crippen molar-refractivity contribution < 1.29 is 14.2 Å². The number of aliphatic imine (C=N–C) groups is 1. The van der Waals surface area contributed by atoms with Crippen molar-refractivity contribution >= 4 is 5.96 Å². The van der Waals surface area contributed by atoms with Crippen LogP contribution < -0.4 is 19.9 Å². The molecule has 0 fully saturated rings. The molecule has 1 aromatic carbocycles. The third-order valence-electron chi connectivity index (χ3n) is 3.49. The zero-order valence-corrected chi connectivity index (χ0v) is 12.6. The predicted molar refractivity (Wildman–Crippen MR) is 82.2 cm³/mol. The first-order valence-electron chi connectivity index (χ1n) is 6.63. The summed E-state index contributed by atoms with van der Waals surface area (Å²) in [6.45, 7) is 4.99. The lowest BCUT2D eigenvalue weighted by atomic mass is 10.0. The van der Waals surface area contributed by atoms with Crippen molar-refractivity contribution in [2.75, 3.05) is 34.4 Å². The molecule has 2 rings (SSSR count). The zero-order valence-electron chi connectivity index (χ0n) is 12.6. The summed E-state index contributed by atoms with van der Waals surface area (Å²) in [5.74, 6) is 2.34. The van der Waals surface area contributed by atoms with Crippen molar-refractivity contribution in [3.63, 3.8) is 0 Å². The van der Waals surface area contributed by atoms with E-state index in [1.165, 1.54) is 0 Å². The molecule has 0 bridgehead atoms.